The Balaban J connectivity index is 1.24. The van der Waals surface area contributed by atoms with E-state index in [1.807, 2.05) is 18.2 Å². The molecule has 2 aromatic carbocycles. The molecule has 0 spiro atoms. The van der Waals surface area contributed by atoms with Crippen LogP contribution in [0.4, 0.5) is 0 Å². The lowest BCUT2D eigenvalue weighted by Crippen LogP contribution is -2.28. The van der Waals surface area contributed by atoms with Crippen molar-refractivity contribution in [1.82, 2.24) is 10.0 Å². The van der Waals surface area contributed by atoms with E-state index in [4.69, 9.17) is 9.47 Å². The second kappa shape index (κ2) is 8.60. The molecule has 0 bridgehead atoms. The Labute approximate surface area is 187 Å². The van der Waals surface area contributed by atoms with E-state index in [0.29, 0.717) is 19.1 Å². The summed E-state index contributed by atoms with van der Waals surface area (Å²) < 4.78 is 38.5. The Morgan fingerprint density at radius 3 is 2.38 bits per heavy atom. The minimum atomic E-state index is -3.47. The fraction of sp³-hybridized carbons (Fsp3) is 0.375. The van der Waals surface area contributed by atoms with E-state index in [0.717, 1.165) is 48.3 Å². The number of fused-ring (bicyclic) bond motifs is 1. The van der Waals surface area contributed by atoms with E-state index in [9.17, 15) is 13.2 Å². The molecule has 2 aliphatic carbocycles. The van der Waals surface area contributed by atoms with Gasteiger partial charge in [0.05, 0.1) is 10.9 Å². The topological polar surface area (TPSA) is 93.7 Å². The Morgan fingerprint density at radius 2 is 1.69 bits per heavy atom. The number of hydrogen-bond acceptors (Lipinski definition) is 5. The molecule has 1 amide bonds. The molecule has 0 aromatic heterocycles. The summed E-state index contributed by atoms with van der Waals surface area (Å²) in [6.07, 6.45) is 7.11. The highest BCUT2D eigenvalue weighted by atomic mass is 32.2. The average molecular weight is 455 g/mol. The number of rotatable bonds is 8. The van der Waals surface area contributed by atoms with Crippen LogP contribution in [0.15, 0.2) is 53.4 Å². The summed E-state index contributed by atoms with van der Waals surface area (Å²) >= 11 is 0. The van der Waals surface area contributed by atoms with E-state index >= 15 is 0 Å². The summed E-state index contributed by atoms with van der Waals surface area (Å²) in [5.41, 5.74) is 1.77. The van der Waals surface area contributed by atoms with Gasteiger partial charge in [0.25, 0.3) is 0 Å². The molecular formula is C24H26N2O5S. The minimum absolute atomic E-state index is 0.0666. The molecule has 32 heavy (non-hydrogen) atoms. The van der Waals surface area contributed by atoms with Gasteiger partial charge in [-0.25, -0.2) is 13.1 Å². The fourth-order valence-electron chi connectivity index (χ4n) is 3.78. The molecule has 1 unspecified atom stereocenters. The van der Waals surface area contributed by atoms with Crippen molar-refractivity contribution in [3.8, 4) is 11.5 Å². The Morgan fingerprint density at radius 1 is 0.969 bits per heavy atom. The van der Waals surface area contributed by atoms with Crippen LogP contribution in [0.1, 0.15) is 42.9 Å². The molecule has 2 aromatic rings. The quantitative estimate of drug-likeness (QED) is 0.598. The summed E-state index contributed by atoms with van der Waals surface area (Å²) in [7, 11) is -3.47. The SMILES string of the molecule is O=C(/C=C/c1ccc(S(=O)(=O)NC2CC2)cc1)NC(c1ccc2c(c1)OCCO2)C1CC1. The number of benzene rings is 2. The highest BCUT2D eigenvalue weighted by Gasteiger charge is 2.34. The molecule has 5 rings (SSSR count). The molecule has 7 nitrogen and oxygen atoms in total. The first-order chi connectivity index (χ1) is 15.5. The van der Waals surface area contributed by atoms with Crippen molar-refractivity contribution in [2.45, 2.75) is 42.7 Å². The average Bonchev–Trinajstić information content (AvgIpc) is 3.72. The van der Waals surface area contributed by atoms with Crippen molar-refractivity contribution in [1.29, 1.82) is 0 Å². The van der Waals surface area contributed by atoms with Crippen LogP contribution in [0, 0.1) is 5.92 Å². The van der Waals surface area contributed by atoms with Crippen molar-refractivity contribution in [3.05, 3.63) is 59.7 Å². The summed E-state index contributed by atoms with van der Waals surface area (Å²) in [6.45, 7) is 1.07. The molecule has 2 N–H and O–H groups in total. The maximum absolute atomic E-state index is 12.6. The minimum Gasteiger partial charge on any atom is -0.486 e. The van der Waals surface area contributed by atoms with Crippen LogP contribution in [-0.2, 0) is 14.8 Å². The number of nitrogens with one attached hydrogen (secondary N) is 2. The summed E-state index contributed by atoms with van der Waals surface area (Å²) in [5.74, 6) is 1.68. The monoisotopic (exact) mass is 454 g/mol. The Hall–Kier alpha value is -2.84. The summed E-state index contributed by atoms with van der Waals surface area (Å²) in [4.78, 5) is 12.9. The van der Waals surface area contributed by atoms with E-state index in [2.05, 4.69) is 10.0 Å². The van der Waals surface area contributed by atoms with Crippen LogP contribution < -0.4 is 19.5 Å². The second-order valence-corrected chi connectivity index (χ2v) is 10.2. The lowest BCUT2D eigenvalue weighted by molar-refractivity contribution is -0.117. The first kappa shape index (κ1) is 21.0. The van der Waals surface area contributed by atoms with Crippen LogP contribution in [0.25, 0.3) is 6.08 Å². The van der Waals surface area contributed by atoms with Gasteiger partial charge in [-0.3, -0.25) is 4.79 Å². The molecule has 3 aliphatic rings. The van der Waals surface area contributed by atoms with Crippen LogP contribution >= 0.6 is 0 Å². The predicted octanol–water partition coefficient (Wildman–Crippen LogP) is 3.18. The van der Waals surface area contributed by atoms with Gasteiger partial charge in [0.1, 0.15) is 13.2 Å². The van der Waals surface area contributed by atoms with E-state index in [-0.39, 0.29) is 22.9 Å². The zero-order chi connectivity index (χ0) is 22.1. The molecule has 1 heterocycles. The molecule has 1 atom stereocenters. The van der Waals surface area contributed by atoms with Crippen LogP contribution in [0.2, 0.25) is 0 Å². The third-order valence-corrected chi connectivity index (χ3v) is 7.37. The van der Waals surface area contributed by atoms with Crippen molar-refractivity contribution in [3.63, 3.8) is 0 Å². The number of ether oxygens (including phenoxy) is 2. The van der Waals surface area contributed by atoms with Gasteiger partial charge in [-0.15, -0.1) is 0 Å². The van der Waals surface area contributed by atoms with Gasteiger partial charge in [0.2, 0.25) is 15.9 Å². The maximum atomic E-state index is 12.6. The Kier molecular flexibility index (Phi) is 5.65. The zero-order valence-electron chi connectivity index (χ0n) is 17.6. The number of amides is 1. The largest absolute Gasteiger partial charge is 0.486 e. The fourth-order valence-corrected chi connectivity index (χ4v) is 5.08. The van der Waals surface area contributed by atoms with Gasteiger partial charge in [-0.1, -0.05) is 18.2 Å². The van der Waals surface area contributed by atoms with Crippen LogP contribution in [-0.4, -0.2) is 33.6 Å². The number of hydrogen-bond donors (Lipinski definition) is 2. The molecule has 8 heteroatoms. The second-order valence-electron chi connectivity index (χ2n) is 8.52. The third kappa shape index (κ3) is 4.97. The van der Waals surface area contributed by atoms with Gasteiger partial charge >= 0.3 is 0 Å². The van der Waals surface area contributed by atoms with Gasteiger partial charge in [0, 0.05) is 12.1 Å². The highest BCUT2D eigenvalue weighted by Crippen LogP contribution is 2.43. The lowest BCUT2D eigenvalue weighted by Gasteiger charge is -2.22. The van der Waals surface area contributed by atoms with Gasteiger partial charge in [-0.2, -0.15) is 0 Å². The maximum Gasteiger partial charge on any atom is 0.244 e. The molecule has 2 fully saturated rings. The standard InChI is InChI=1S/C24H26N2O5S/c27-23(12-3-16-1-9-20(10-2-16)32(28,29)26-19-7-8-19)25-24(17-4-5-17)18-6-11-21-22(15-18)31-14-13-30-21/h1-3,6,9-12,15,17,19,24,26H,4-5,7-8,13-14H2,(H,25,27)/b12-3+. The van der Waals surface area contributed by atoms with E-state index < -0.39 is 10.0 Å². The smallest absolute Gasteiger partial charge is 0.244 e. The van der Waals surface area contributed by atoms with Crippen molar-refractivity contribution in [2.75, 3.05) is 13.2 Å². The first-order valence-corrected chi connectivity index (χ1v) is 12.5. The van der Waals surface area contributed by atoms with E-state index in [1.165, 1.54) is 6.08 Å². The number of sulfonamides is 1. The summed E-state index contributed by atoms with van der Waals surface area (Å²) in [6, 6.07) is 12.3. The number of carbonyl (C=O) groups is 1. The van der Waals surface area contributed by atoms with Gasteiger partial charge in [-0.05, 0) is 73.1 Å². The summed E-state index contributed by atoms with van der Waals surface area (Å²) in [5, 5.41) is 3.11. The van der Waals surface area contributed by atoms with Crippen LogP contribution in [0.3, 0.4) is 0 Å². The molecule has 1 aliphatic heterocycles. The Bertz CT molecular complexity index is 1140. The molecule has 168 valence electrons. The van der Waals surface area contributed by atoms with Crippen molar-refractivity contribution < 1.29 is 22.7 Å². The van der Waals surface area contributed by atoms with Gasteiger partial charge < -0.3 is 14.8 Å². The third-order valence-electron chi connectivity index (χ3n) is 5.83. The van der Waals surface area contributed by atoms with Crippen molar-refractivity contribution in [2.24, 2.45) is 5.92 Å². The predicted molar refractivity (Wildman–Crippen MR) is 120 cm³/mol. The number of carbonyl (C=O) groups excluding carboxylic acids is 1. The van der Waals surface area contributed by atoms with Crippen LogP contribution in [0.5, 0.6) is 11.5 Å². The van der Waals surface area contributed by atoms with Gasteiger partial charge in [0.15, 0.2) is 11.5 Å². The molecule has 0 radical (unpaired) electrons. The molecule has 0 saturated heterocycles. The van der Waals surface area contributed by atoms with Crippen molar-refractivity contribution >= 4 is 22.0 Å². The lowest BCUT2D eigenvalue weighted by atomic mass is 10.0. The molecule has 2 saturated carbocycles. The zero-order valence-corrected chi connectivity index (χ0v) is 18.4. The van der Waals surface area contributed by atoms with E-state index in [1.54, 1.807) is 30.3 Å². The normalized spacial score (nSPS) is 19.0. The highest BCUT2D eigenvalue weighted by molar-refractivity contribution is 7.89. The first-order valence-electron chi connectivity index (χ1n) is 11.0. The molecular weight excluding hydrogens is 428 g/mol.